The van der Waals surface area contributed by atoms with Gasteiger partial charge in [-0.3, -0.25) is 9.89 Å². The molecule has 3 aromatic rings. The normalized spacial score (nSPS) is 10.8. The number of nitrogens with zero attached hydrogens (tertiary/aromatic N) is 1. The van der Waals surface area contributed by atoms with E-state index in [1.165, 1.54) is 16.4 Å². The topological polar surface area (TPSA) is 37.8 Å². The molecule has 0 saturated carbocycles. The minimum atomic E-state index is -0.134. The molecule has 3 rings (SSSR count). The number of hydrogen-bond donors (Lipinski definition) is 1. The standard InChI is InChI=1S/C19H17ClN2OS2/c1-2-12-25-19(24)16-17(13-8-10-14(20)11-9-13)21-22(18(16)23)15-6-4-3-5-7-15/h3-11,21H,2,12H2,1H3. The van der Waals surface area contributed by atoms with Crippen LogP contribution in [0.1, 0.15) is 18.9 Å². The van der Waals surface area contributed by atoms with Gasteiger partial charge in [0.15, 0.2) is 0 Å². The molecule has 0 unspecified atom stereocenters. The van der Waals surface area contributed by atoms with E-state index in [9.17, 15) is 4.79 Å². The second kappa shape index (κ2) is 8.04. The first-order chi connectivity index (χ1) is 12.1. The van der Waals surface area contributed by atoms with Crippen molar-refractivity contribution in [1.29, 1.82) is 0 Å². The lowest BCUT2D eigenvalue weighted by molar-refractivity contribution is 0.852. The van der Waals surface area contributed by atoms with Gasteiger partial charge in [0.25, 0.3) is 5.56 Å². The molecular formula is C19H17ClN2OS2. The summed E-state index contributed by atoms with van der Waals surface area (Å²) in [5, 5.41) is 3.87. The SMILES string of the molecule is CCCSC(=S)c1c(-c2ccc(Cl)cc2)[nH]n(-c2ccccc2)c1=O. The van der Waals surface area contributed by atoms with Gasteiger partial charge >= 0.3 is 0 Å². The molecule has 0 saturated heterocycles. The third-order valence-corrected chi connectivity index (χ3v) is 5.57. The van der Waals surface area contributed by atoms with Crippen LogP contribution in [0.3, 0.4) is 0 Å². The molecular weight excluding hydrogens is 372 g/mol. The summed E-state index contributed by atoms with van der Waals surface area (Å²) in [5.74, 6) is 0.884. The number of thiocarbonyl (C=S) groups is 1. The Morgan fingerprint density at radius 1 is 1.16 bits per heavy atom. The second-order valence-electron chi connectivity index (χ2n) is 5.48. The van der Waals surface area contributed by atoms with Gasteiger partial charge < -0.3 is 0 Å². The number of nitrogens with one attached hydrogen (secondary N) is 1. The van der Waals surface area contributed by atoms with E-state index < -0.39 is 0 Å². The zero-order chi connectivity index (χ0) is 17.8. The van der Waals surface area contributed by atoms with Crippen LogP contribution in [0.4, 0.5) is 0 Å². The van der Waals surface area contributed by atoms with Crippen LogP contribution in [0.5, 0.6) is 0 Å². The Hall–Kier alpha value is -1.82. The average molecular weight is 389 g/mol. The summed E-state index contributed by atoms with van der Waals surface area (Å²) < 4.78 is 2.15. The molecule has 0 atom stereocenters. The fourth-order valence-electron chi connectivity index (χ4n) is 2.48. The molecule has 3 nitrogen and oxygen atoms in total. The Morgan fingerprint density at radius 3 is 2.48 bits per heavy atom. The van der Waals surface area contributed by atoms with Crippen molar-refractivity contribution in [2.24, 2.45) is 0 Å². The zero-order valence-corrected chi connectivity index (χ0v) is 16.0. The summed E-state index contributed by atoms with van der Waals surface area (Å²) in [7, 11) is 0. The number of aromatic nitrogens is 2. The van der Waals surface area contributed by atoms with Crippen molar-refractivity contribution < 1.29 is 0 Å². The van der Waals surface area contributed by atoms with E-state index in [2.05, 4.69) is 12.0 Å². The van der Waals surface area contributed by atoms with Crippen molar-refractivity contribution in [1.82, 2.24) is 9.78 Å². The van der Waals surface area contributed by atoms with Gasteiger partial charge in [-0.1, -0.05) is 61.1 Å². The number of benzene rings is 2. The third kappa shape index (κ3) is 3.89. The molecule has 6 heteroatoms. The summed E-state index contributed by atoms with van der Waals surface area (Å²) in [6.07, 6.45) is 0.998. The Labute approximate surface area is 161 Å². The van der Waals surface area contributed by atoms with E-state index in [1.54, 1.807) is 12.1 Å². The minimum absolute atomic E-state index is 0.134. The Balaban J connectivity index is 2.16. The van der Waals surface area contributed by atoms with Crippen molar-refractivity contribution in [3.63, 3.8) is 0 Å². The molecule has 0 radical (unpaired) electrons. The van der Waals surface area contributed by atoms with E-state index in [-0.39, 0.29) is 5.56 Å². The summed E-state index contributed by atoms with van der Waals surface area (Å²) in [6, 6.07) is 16.9. The predicted molar refractivity (Wildman–Crippen MR) is 111 cm³/mol. The van der Waals surface area contributed by atoms with Gasteiger partial charge in [-0.05, 0) is 36.4 Å². The number of thioether (sulfide) groups is 1. The van der Waals surface area contributed by atoms with Gasteiger partial charge in [-0.2, -0.15) is 0 Å². The molecule has 0 aliphatic heterocycles. The van der Waals surface area contributed by atoms with E-state index >= 15 is 0 Å². The third-order valence-electron chi connectivity index (χ3n) is 3.68. The molecule has 1 N–H and O–H groups in total. The number of rotatable bonds is 5. The first kappa shape index (κ1) is 18.0. The largest absolute Gasteiger partial charge is 0.290 e. The smallest absolute Gasteiger partial charge is 0.281 e. The number of halogens is 1. The highest BCUT2D eigenvalue weighted by atomic mass is 35.5. The van der Waals surface area contributed by atoms with Crippen LogP contribution in [0.2, 0.25) is 5.02 Å². The van der Waals surface area contributed by atoms with Crippen LogP contribution < -0.4 is 5.56 Å². The molecule has 0 fully saturated rings. The second-order valence-corrected chi connectivity index (χ2v) is 7.69. The molecule has 1 aromatic heterocycles. The molecule has 2 aromatic carbocycles. The van der Waals surface area contributed by atoms with Gasteiger partial charge in [-0.25, -0.2) is 4.68 Å². The van der Waals surface area contributed by atoms with E-state index in [1.807, 2.05) is 42.5 Å². The van der Waals surface area contributed by atoms with E-state index in [0.717, 1.165) is 29.1 Å². The van der Waals surface area contributed by atoms with Gasteiger partial charge in [0.1, 0.15) is 0 Å². The summed E-state index contributed by atoms with van der Waals surface area (Å²) in [5.41, 5.74) is 2.78. The molecule has 1 heterocycles. The Morgan fingerprint density at radius 2 is 1.84 bits per heavy atom. The van der Waals surface area contributed by atoms with Gasteiger partial charge in [0.05, 0.1) is 21.1 Å². The van der Waals surface area contributed by atoms with E-state index in [0.29, 0.717) is 14.8 Å². The highest BCUT2D eigenvalue weighted by molar-refractivity contribution is 8.23. The average Bonchev–Trinajstić information content (AvgIpc) is 2.98. The van der Waals surface area contributed by atoms with E-state index in [4.69, 9.17) is 23.8 Å². The Bertz CT molecular complexity index is 930. The van der Waals surface area contributed by atoms with Crippen molar-refractivity contribution >= 4 is 39.8 Å². The van der Waals surface area contributed by atoms with Crippen molar-refractivity contribution in [3.05, 3.63) is 75.5 Å². The maximum atomic E-state index is 13.0. The quantitative estimate of drug-likeness (QED) is 0.602. The fourth-order valence-corrected chi connectivity index (χ4v) is 3.77. The molecule has 0 aliphatic rings. The maximum Gasteiger partial charge on any atom is 0.281 e. The van der Waals surface area contributed by atoms with Crippen LogP contribution in [0.15, 0.2) is 59.4 Å². The molecule has 0 amide bonds. The fraction of sp³-hybridized carbons (Fsp3) is 0.158. The number of hydrogen-bond acceptors (Lipinski definition) is 3. The minimum Gasteiger partial charge on any atom is -0.290 e. The lowest BCUT2D eigenvalue weighted by atomic mass is 10.1. The van der Waals surface area contributed by atoms with Crippen LogP contribution in [0.25, 0.3) is 16.9 Å². The van der Waals surface area contributed by atoms with Crippen molar-refractivity contribution in [2.75, 3.05) is 5.75 Å². The number of aromatic amines is 1. The van der Waals surface area contributed by atoms with Gasteiger partial charge in [0.2, 0.25) is 0 Å². The molecule has 0 aliphatic carbocycles. The van der Waals surface area contributed by atoms with Crippen LogP contribution in [-0.2, 0) is 0 Å². The first-order valence-corrected chi connectivity index (χ1v) is 9.72. The summed E-state index contributed by atoms with van der Waals surface area (Å²) in [4.78, 5) is 13.0. The monoisotopic (exact) mass is 388 g/mol. The molecule has 0 spiro atoms. The van der Waals surface area contributed by atoms with Gasteiger partial charge in [0, 0.05) is 10.6 Å². The highest BCUT2D eigenvalue weighted by Gasteiger charge is 2.20. The van der Waals surface area contributed by atoms with Crippen molar-refractivity contribution in [2.45, 2.75) is 13.3 Å². The Kier molecular flexibility index (Phi) is 5.78. The first-order valence-electron chi connectivity index (χ1n) is 7.95. The number of para-hydroxylation sites is 1. The van der Waals surface area contributed by atoms with Crippen LogP contribution >= 0.6 is 35.6 Å². The summed E-state index contributed by atoms with van der Waals surface area (Å²) >= 11 is 13.1. The maximum absolute atomic E-state index is 13.0. The number of H-pyrrole nitrogens is 1. The predicted octanol–water partition coefficient (Wildman–Crippen LogP) is 5.30. The lowest BCUT2D eigenvalue weighted by Crippen LogP contribution is -2.19. The van der Waals surface area contributed by atoms with Crippen LogP contribution in [0, 0.1) is 0 Å². The van der Waals surface area contributed by atoms with Crippen molar-refractivity contribution in [3.8, 4) is 16.9 Å². The molecule has 25 heavy (non-hydrogen) atoms. The summed E-state index contributed by atoms with van der Waals surface area (Å²) in [6.45, 7) is 2.09. The van der Waals surface area contributed by atoms with Gasteiger partial charge in [-0.15, -0.1) is 11.8 Å². The highest BCUT2D eigenvalue weighted by Crippen LogP contribution is 2.26. The molecule has 0 bridgehead atoms. The molecule has 128 valence electrons. The zero-order valence-electron chi connectivity index (χ0n) is 13.7. The lowest BCUT2D eigenvalue weighted by Gasteiger charge is -2.04. The van der Waals surface area contributed by atoms with Crippen LogP contribution in [-0.4, -0.2) is 19.7 Å².